The number of hydrogen-bond acceptors (Lipinski definition) is 6. The normalized spacial score (nSPS) is 14.6. The Balaban J connectivity index is 1.90. The summed E-state index contributed by atoms with van der Waals surface area (Å²) < 4.78 is 16.1. The summed E-state index contributed by atoms with van der Waals surface area (Å²) in [5, 5.41) is 0. The minimum atomic E-state index is -0.518. The van der Waals surface area contributed by atoms with Crippen molar-refractivity contribution in [3.05, 3.63) is 64.9 Å². The molecule has 2 aromatic carbocycles. The molecule has 0 aliphatic carbocycles. The van der Waals surface area contributed by atoms with Gasteiger partial charge in [-0.2, -0.15) is 0 Å². The summed E-state index contributed by atoms with van der Waals surface area (Å²) in [6.45, 7) is 5.93. The van der Waals surface area contributed by atoms with E-state index < -0.39 is 5.97 Å². The van der Waals surface area contributed by atoms with Gasteiger partial charge in [-0.3, -0.25) is 4.79 Å². The maximum absolute atomic E-state index is 12.2. The summed E-state index contributed by atoms with van der Waals surface area (Å²) in [6.07, 6.45) is 1.87. The van der Waals surface area contributed by atoms with Gasteiger partial charge in [0.1, 0.15) is 0 Å². The van der Waals surface area contributed by atoms with E-state index in [4.69, 9.17) is 14.2 Å². The molecule has 28 heavy (non-hydrogen) atoms. The Morgan fingerprint density at radius 1 is 1.14 bits per heavy atom. The second kappa shape index (κ2) is 8.52. The molecule has 0 unspecified atom stereocenters. The number of ether oxygens (including phenoxy) is 3. The lowest BCUT2D eigenvalue weighted by molar-refractivity contribution is -0.134. The summed E-state index contributed by atoms with van der Waals surface area (Å²) in [6, 6.07) is 12.6. The Morgan fingerprint density at radius 2 is 1.96 bits per heavy atom. The molecule has 3 rings (SSSR count). The van der Waals surface area contributed by atoms with Gasteiger partial charge in [0.2, 0.25) is 5.90 Å². The van der Waals surface area contributed by atoms with Gasteiger partial charge in [-0.1, -0.05) is 30.7 Å². The third-order valence-electron chi connectivity index (χ3n) is 3.97. The molecule has 0 spiro atoms. The number of carbonyl (C=O) groups excluding carboxylic acids is 2. The molecule has 144 valence electrons. The van der Waals surface area contributed by atoms with Gasteiger partial charge in [0, 0.05) is 12.0 Å². The van der Waals surface area contributed by atoms with Gasteiger partial charge in [0.25, 0.3) is 0 Å². The SMILES string of the molecule is CCOc1cc(/C=C2\N=C(c3cccc(C)c3)OC2=O)ccc1OC(=O)CC. The van der Waals surface area contributed by atoms with Crippen LogP contribution in [0.25, 0.3) is 6.08 Å². The van der Waals surface area contributed by atoms with Crippen LogP contribution in [0.4, 0.5) is 0 Å². The van der Waals surface area contributed by atoms with Crippen LogP contribution < -0.4 is 9.47 Å². The van der Waals surface area contributed by atoms with E-state index in [1.54, 1.807) is 31.2 Å². The minimum Gasteiger partial charge on any atom is -0.490 e. The summed E-state index contributed by atoms with van der Waals surface area (Å²) in [5.74, 6) is 0.176. The Bertz CT molecular complexity index is 975. The van der Waals surface area contributed by atoms with Crippen LogP contribution in [0.2, 0.25) is 0 Å². The molecule has 6 heteroatoms. The molecule has 0 saturated heterocycles. The number of benzene rings is 2. The van der Waals surface area contributed by atoms with Gasteiger partial charge >= 0.3 is 11.9 Å². The lowest BCUT2D eigenvalue weighted by Gasteiger charge is -2.10. The summed E-state index contributed by atoms with van der Waals surface area (Å²) in [5.41, 5.74) is 2.67. The topological polar surface area (TPSA) is 74.2 Å². The molecule has 1 heterocycles. The van der Waals surface area contributed by atoms with E-state index in [1.165, 1.54) is 0 Å². The molecule has 0 radical (unpaired) electrons. The number of hydrogen-bond donors (Lipinski definition) is 0. The molecule has 1 aliphatic rings. The van der Waals surface area contributed by atoms with Crippen LogP contribution in [0.15, 0.2) is 53.2 Å². The van der Waals surface area contributed by atoms with Gasteiger partial charge in [0.05, 0.1) is 6.61 Å². The Hall–Kier alpha value is -3.41. The number of aliphatic imine (C=N–C) groups is 1. The second-order valence-corrected chi connectivity index (χ2v) is 6.17. The summed E-state index contributed by atoms with van der Waals surface area (Å²) in [7, 11) is 0. The molecule has 0 bridgehead atoms. The van der Waals surface area contributed by atoms with E-state index in [-0.39, 0.29) is 24.0 Å². The minimum absolute atomic E-state index is 0.192. The largest absolute Gasteiger partial charge is 0.490 e. The first-order valence-corrected chi connectivity index (χ1v) is 9.07. The second-order valence-electron chi connectivity index (χ2n) is 6.17. The molecular formula is C22H21NO5. The van der Waals surface area contributed by atoms with Crippen molar-refractivity contribution in [1.82, 2.24) is 0 Å². The molecule has 0 saturated carbocycles. The number of carbonyl (C=O) groups is 2. The number of esters is 2. The molecule has 0 amide bonds. The highest BCUT2D eigenvalue weighted by atomic mass is 16.6. The summed E-state index contributed by atoms with van der Waals surface area (Å²) in [4.78, 5) is 28.1. The molecule has 1 aliphatic heterocycles. The molecule has 0 fully saturated rings. The first-order valence-electron chi connectivity index (χ1n) is 9.07. The van der Waals surface area contributed by atoms with E-state index in [9.17, 15) is 9.59 Å². The van der Waals surface area contributed by atoms with E-state index >= 15 is 0 Å². The van der Waals surface area contributed by atoms with Crippen molar-refractivity contribution in [1.29, 1.82) is 0 Å². The van der Waals surface area contributed by atoms with Crippen molar-refractivity contribution in [2.75, 3.05) is 6.61 Å². The summed E-state index contributed by atoms with van der Waals surface area (Å²) >= 11 is 0. The van der Waals surface area contributed by atoms with Crippen LogP contribution in [0.1, 0.15) is 37.0 Å². The van der Waals surface area contributed by atoms with Crippen LogP contribution >= 0.6 is 0 Å². The monoisotopic (exact) mass is 379 g/mol. The van der Waals surface area contributed by atoms with Crippen molar-refractivity contribution in [3.8, 4) is 11.5 Å². The van der Waals surface area contributed by atoms with Gasteiger partial charge in [0.15, 0.2) is 17.2 Å². The zero-order valence-electron chi connectivity index (χ0n) is 16.0. The maximum atomic E-state index is 12.2. The van der Waals surface area contributed by atoms with Crippen molar-refractivity contribution in [3.63, 3.8) is 0 Å². The highest BCUT2D eigenvalue weighted by molar-refractivity contribution is 6.12. The highest BCUT2D eigenvalue weighted by Crippen LogP contribution is 2.30. The third kappa shape index (κ3) is 4.46. The van der Waals surface area contributed by atoms with Crippen molar-refractivity contribution >= 4 is 23.9 Å². The fourth-order valence-electron chi connectivity index (χ4n) is 2.63. The van der Waals surface area contributed by atoms with Crippen LogP contribution in [0.3, 0.4) is 0 Å². The standard InChI is InChI=1S/C22H21NO5/c1-4-20(24)27-18-10-9-15(13-19(18)26-5-2)12-17-22(25)28-21(23-17)16-8-6-7-14(3)11-16/h6-13H,4-5H2,1-3H3/b17-12-. The predicted octanol–water partition coefficient (Wildman–Crippen LogP) is 4.05. The average Bonchev–Trinajstić information content (AvgIpc) is 3.04. The number of aryl methyl sites for hydroxylation is 1. The molecule has 0 aromatic heterocycles. The van der Waals surface area contributed by atoms with Gasteiger partial charge in [-0.25, -0.2) is 9.79 Å². The molecule has 2 aromatic rings. The molecule has 0 atom stereocenters. The van der Waals surface area contributed by atoms with Crippen molar-refractivity contribution < 1.29 is 23.8 Å². The first kappa shape index (κ1) is 19.4. The molecule has 0 N–H and O–H groups in total. The van der Waals surface area contributed by atoms with Gasteiger partial charge in [-0.15, -0.1) is 0 Å². The quantitative estimate of drug-likeness (QED) is 0.430. The highest BCUT2D eigenvalue weighted by Gasteiger charge is 2.24. The van der Waals surface area contributed by atoms with Crippen LogP contribution in [0.5, 0.6) is 11.5 Å². The smallest absolute Gasteiger partial charge is 0.363 e. The molecule has 6 nitrogen and oxygen atoms in total. The Kier molecular flexibility index (Phi) is 5.89. The van der Waals surface area contributed by atoms with E-state index in [2.05, 4.69) is 4.99 Å². The fourth-order valence-corrected chi connectivity index (χ4v) is 2.63. The van der Waals surface area contributed by atoms with E-state index in [1.807, 2.05) is 38.1 Å². The molecular weight excluding hydrogens is 358 g/mol. The first-order chi connectivity index (χ1) is 13.5. The maximum Gasteiger partial charge on any atom is 0.363 e. The van der Waals surface area contributed by atoms with Crippen molar-refractivity contribution in [2.24, 2.45) is 4.99 Å². The predicted molar refractivity (Wildman–Crippen MR) is 105 cm³/mol. The van der Waals surface area contributed by atoms with Gasteiger partial charge in [-0.05, 0) is 49.8 Å². The Morgan fingerprint density at radius 3 is 2.68 bits per heavy atom. The number of rotatable bonds is 6. The lowest BCUT2D eigenvalue weighted by Crippen LogP contribution is -2.07. The van der Waals surface area contributed by atoms with Crippen molar-refractivity contribution in [2.45, 2.75) is 27.2 Å². The van der Waals surface area contributed by atoms with Crippen LogP contribution in [0, 0.1) is 6.92 Å². The number of cyclic esters (lactones) is 1. The van der Waals surface area contributed by atoms with E-state index in [0.717, 1.165) is 11.1 Å². The number of nitrogens with zero attached hydrogens (tertiary/aromatic N) is 1. The van der Waals surface area contributed by atoms with Crippen LogP contribution in [-0.4, -0.2) is 24.4 Å². The van der Waals surface area contributed by atoms with Gasteiger partial charge < -0.3 is 14.2 Å². The zero-order chi connectivity index (χ0) is 20.1. The lowest BCUT2D eigenvalue weighted by atomic mass is 10.1. The van der Waals surface area contributed by atoms with Crippen LogP contribution in [-0.2, 0) is 14.3 Å². The van der Waals surface area contributed by atoms with E-state index in [0.29, 0.717) is 23.7 Å². The average molecular weight is 379 g/mol. The third-order valence-corrected chi connectivity index (χ3v) is 3.97. The Labute approximate surface area is 163 Å². The zero-order valence-corrected chi connectivity index (χ0v) is 16.0. The fraction of sp³-hybridized carbons (Fsp3) is 0.227.